The number of rotatable bonds is 7. The monoisotopic (exact) mass is 538 g/mol. The Morgan fingerprint density at radius 1 is 1.23 bits per heavy atom. The van der Waals surface area contributed by atoms with Crippen molar-refractivity contribution in [2.24, 2.45) is 17.3 Å². The molecule has 0 aliphatic heterocycles. The van der Waals surface area contributed by atoms with Gasteiger partial charge in [-0.2, -0.15) is 5.21 Å². The molecule has 0 spiro atoms. The molecule has 0 saturated heterocycles. The summed E-state index contributed by atoms with van der Waals surface area (Å²) in [5, 5.41) is 25.7. The molecule has 2 N–H and O–H groups in total. The zero-order valence-electron chi connectivity index (χ0n) is 23.3. The summed E-state index contributed by atoms with van der Waals surface area (Å²) in [5.74, 6) is 8.19. The molecule has 4 aliphatic carbocycles. The first-order valence-electron chi connectivity index (χ1n) is 14.6. The number of aromatic amines is 1. The number of aromatic nitrogens is 4. The van der Waals surface area contributed by atoms with Crippen LogP contribution in [0, 0.1) is 29.1 Å². The largest absolute Gasteiger partial charge is 0.389 e. The molecule has 2 saturated carbocycles. The molecule has 0 amide bonds. The van der Waals surface area contributed by atoms with E-state index in [9.17, 15) is 9.90 Å². The Morgan fingerprint density at radius 3 is 2.85 bits per heavy atom. The van der Waals surface area contributed by atoms with Crippen molar-refractivity contribution in [1.29, 1.82) is 0 Å². The van der Waals surface area contributed by atoms with Crippen LogP contribution in [0.1, 0.15) is 87.6 Å². The van der Waals surface area contributed by atoms with E-state index in [1.165, 1.54) is 16.7 Å². The molecule has 5 unspecified atom stereocenters. The Kier molecular flexibility index (Phi) is 7.33. The molecular formula is C33H38N4O3. The van der Waals surface area contributed by atoms with E-state index in [1.807, 2.05) is 12.2 Å². The lowest BCUT2D eigenvalue weighted by molar-refractivity contribution is -0.114. The minimum Gasteiger partial charge on any atom is -0.389 e. The highest BCUT2D eigenvalue weighted by atomic mass is 16.5. The number of fused-ring (bicyclic) bond motifs is 4. The number of allylic oxidation sites excluding steroid dienone is 5. The number of ketones is 1. The van der Waals surface area contributed by atoms with Crippen LogP contribution >= 0.6 is 0 Å². The van der Waals surface area contributed by atoms with Gasteiger partial charge < -0.3 is 9.84 Å². The summed E-state index contributed by atoms with van der Waals surface area (Å²) in [7, 11) is 0. The van der Waals surface area contributed by atoms with Gasteiger partial charge in [0.05, 0.1) is 5.60 Å². The molecule has 7 nitrogen and oxygen atoms in total. The van der Waals surface area contributed by atoms with Gasteiger partial charge >= 0.3 is 0 Å². The molecular weight excluding hydrogens is 500 g/mol. The summed E-state index contributed by atoms with van der Waals surface area (Å²) >= 11 is 0. The lowest BCUT2D eigenvalue weighted by Gasteiger charge is -2.55. The zero-order chi connectivity index (χ0) is 27.7. The smallest absolute Gasteiger partial charge is 0.200 e. The first-order valence-corrected chi connectivity index (χ1v) is 14.6. The van der Waals surface area contributed by atoms with E-state index < -0.39 is 5.60 Å². The van der Waals surface area contributed by atoms with Crippen LogP contribution in [0.3, 0.4) is 0 Å². The van der Waals surface area contributed by atoms with Gasteiger partial charge in [-0.3, -0.25) is 4.79 Å². The number of hydrogen-bond donors (Lipinski definition) is 2. The predicted molar refractivity (Wildman–Crippen MR) is 152 cm³/mol. The van der Waals surface area contributed by atoms with E-state index >= 15 is 0 Å². The summed E-state index contributed by atoms with van der Waals surface area (Å²) < 4.78 is 5.51. The summed E-state index contributed by atoms with van der Waals surface area (Å²) in [4.78, 5) is 12.3. The van der Waals surface area contributed by atoms with Gasteiger partial charge in [0.1, 0.15) is 13.2 Å². The molecule has 7 heteroatoms. The predicted octanol–water partition coefficient (Wildman–Crippen LogP) is 5.36. The number of aliphatic hydroxyl groups is 1. The average Bonchev–Trinajstić information content (AvgIpc) is 3.57. The van der Waals surface area contributed by atoms with Crippen molar-refractivity contribution < 1.29 is 14.6 Å². The van der Waals surface area contributed by atoms with Crippen LogP contribution in [-0.4, -0.2) is 43.7 Å². The SMILES string of the molecule is C=CCCC1(O)CCC2C3CCC4=CC(=O)CCC4=C3C(c3ccc(C#CCOCc4nn[nH]n4)cc3)CC21C. The van der Waals surface area contributed by atoms with Crippen molar-refractivity contribution in [3.8, 4) is 11.8 Å². The fraction of sp³-hybridized carbons (Fsp3) is 0.515. The van der Waals surface area contributed by atoms with Gasteiger partial charge in [-0.05, 0) is 98.1 Å². The first kappa shape index (κ1) is 26.9. The Bertz CT molecular complexity index is 1400. The van der Waals surface area contributed by atoms with E-state index in [0.29, 0.717) is 24.1 Å². The molecule has 0 radical (unpaired) electrons. The van der Waals surface area contributed by atoms with E-state index in [2.05, 4.69) is 70.2 Å². The van der Waals surface area contributed by atoms with Gasteiger partial charge in [-0.25, -0.2) is 0 Å². The number of H-pyrrole nitrogens is 1. The fourth-order valence-electron chi connectivity index (χ4n) is 8.18. The molecule has 0 bridgehead atoms. The summed E-state index contributed by atoms with van der Waals surface area (Å²) in [6.45, 7) is 6.84. The Labute approximate surface area is 236 Å². The number of nitrogens with one attached hydrogen (secondary N) is 1. The fourth-order valence-corrected chi connectivity index (χ4v) is 8.18. The maximum absolute atomic E-state index is 12.3. The third-order valence-electron chi connectivity index (χ3n) is 10.2. The lowest BCUT2D eigenvalue weighted by Crippen LogP contribution is -2.51. The number of hydrogen-bond acceptors (Lipinski definition) is 6. The van der Waals surface area contributed by atoms with Gasteiger partial charge in [-0.15, -0.1) is 16.8 Å². The normalized spacial score (nSPS) is 31.0. The van der Waals surface area contributed by atoms with Crippen molar-refractivity contribution in [3.63, 3.8) is 0 Å². The Hall–Kier alpha value is -3.34. The van der Waals surface area contributed by atoms with E-state index in [1.54, 1.807) is 5.57 Å². The van der Waals surface area contributed by atoms with Crippen LogP contribution in [0.15, 0.2) is 59.7 Å². The minimum atomic E-state index is -0.675. The van der Waals surface area contributed by atoms with Crippen LogP contribution in [0.5, 0.6) is 0 Å². The molecule has 6 rings (SSSR count). The minimum absolute atomic E-state index is 0.157. The highest BCUT2D eigenvalue weighted by molar-refractivity contribution is 5.93. The molecule has 208 valence electrons. The van der Waals surface area contributed by atoms with Gasteiger partial charge in [0.25, 0.3) is 0 Å². The van der Waals surface area contributed by atoms with Crippen LogP contribution in [0.4, 0.5) is 0 Å². The molecule has 1 aromatic heterocycles. The lowest BCUT2D eigenvalue weighted by atomic mass is 9.51. The summed E-state index contributed by atoms with van der Waals surface area (Å²) in [5.41, 5.74) is 5.64. The summed E-state index contributed by atoms with van der Waals surface area (Å²) in [6, 6.07) is 8.62. The second-order valence-electron chi connectivity index (χ2n) is 12.1. The second kappa shape index (κ2) is 10.9. The molecule has 2 fully saturated rings. The highest BCUT2D eigenvalue weighted by Gasteiger charge is 2.62. The third kappa shape index (κ3) is 4.78. The molecule has 1 heterocycles. The maximum atomic E-state index is 12.3. The average molecular weight is 539 g/mol. The second-order valence-corrected chi connectivity index (χ2v) is 12.1. The number of benzene rings is 1. The van der Waals surface area contributed by atoms with Crippen LogP contribution in [0.25, 0.3) is 0 Å². The standard InChI is InChI=1S/C33H38N4O3/c1-3-4-16-33(39)17-15-29-27-13-11-24-19-25(38)12-14-26(24)31(27)28(20-32(29,33)2)23-9-7-22(8-10-23)6-5-18-40-21-30-34-36-37-35-30/h3,7-10,19,27-29,39H,1,4,11-18,20-21H2,2H3,(H,34,35,36,37). The van der Waals surface area contributed by atoms with Crippen LogP contribution in [0.2, 0.25) is 0 Å². The van der Waals surface area contributed by atoms with Crippen molar-refractivity contribution in [1.82, 2.24) is 20.6 Å². The van der Waals surface area contributed by atoms with E-state index in [4.69, 9.17) is 4.74 Å². The topological polar surface area (TPSA) is 101 Å². The van der Waals surface area contributed by atoms with E-state index in [0.717, 1.165) is 56.9 Å². The summed E-state index contributed by atoms with van der Waals surface area (Å²) in [6.07, 6.45) is 11.8. The number of carbonyl (C=O) groups is 1. The van der Waals surface area contributed by atoms with Crippen molar-refractivity contribution in [2.75, 3.05) is 6.61 Å². The molecule has 2 aromatic rings. The Morgan fingerprint density at radius 2 is 2.08 bits per heavy atom. The Balaban J connectivity index is 1.29. The quantitative estimate of drug-likeness (QED) is 0.279. The third-order valence-corrected chi connectivity index (χ3v) is 10.2. The molecule has 1 aromatic carbocycles. The van der Waals surface area contributed by atoms with E-state index in [-0.39, 0.29) is 30.3 Å². The zero-order valence-corrected chi connectivity index (χ0v) is 23.3. The number of nitrogens with zero attached hydrogens (tertiary/aromatic N) is 3. The molecule has 40 heavy (non-hydrogen) atoms. The van der Waals surface area contributed by atoms with Gasteiger partial charge in [0, 0.05) is 23.3 Å². The van der Waals surface area contributed by atoms with Crippen LogP contribution < -0.4 is 0 Å². The molecule has 4 aliphatic rings. The number of tetrazole rings is 1. The number of ether oxygens (including phenoxy) is 1. The van der Waals surface area contributed by atoms with Gasteiger partial charge in [0.15, 0.2) is 11.6 Å². The molecule has 5 atom stereocenters. The van der Waals surface area contributed by atoms with Crippen molar-refractivity contribution in [3.05, 3.63) is 76.7 Å². The van der Waals surface area contributed by atoms with Gasteiger partial charge in [0.2, 0.25) is 0 Å². The van der Waals surface area contributed by atoms with Crippen molar-refractivity contribution in [2.45, 2.75) is 82.8 Å². The maximum Gasteiger partial charge on any atom is 0.200 e. The first-order chi connectivity index (χ1) is 19.4. The van der Waals surface area contributed by atoms with Crippen molar-refractivity contribution >= 4 is 5.78 Å². The number of carbonyl (C=O) groups excluding carboxylic acids is 1. The van der Waals surface area contributed by atoms with Gasteiger partial charge in [-0.1, -0.05) is 47.8 Å². The van der Waals surface area contributed by atoms with Crippen LogP contribution in [-0.2, 0) is 16.1 Å². The highest BCUT2D eigenvalue weighted by Crippen LogP contribution is 2.67.